The van der Waals surface area contributed by atoms with Crippen LogP contribution in [0.5, 0.6) is 0 Å². The van der Waals surface area contributed by atoms with Gasteiger partial charge in [-0.15, -0.1) is 0 Å². The van der Waals surface area contributed by atoms with Gasteiger partial charge in [-0.25, -0.2) is 0 Å². The molecule has 27 heavy (non-hydrogen) atoms. The number of rotatable bonds is 8. The molecule has 2 aliphatic rings. The molecule has 2 heterocycles. The molecule has 6 heteroatoms. The van der Waals surface area contributed by atoms with Crippen LogP contribution in [0, 0.1) is 5.92 Å². The van der Waals surface area contributed by atoms with Crippen molar-refractivity contribution in [2.45, 2.75) is 44.6 Å². The number of aryl methyl sites for hydroxylation is 1. The number of carbonyl (C=O) groups excluding carboxylic acids is 2. The molecule has 3 rings (SSSR count). The van der Waals surface area contributed by atoms with Crippen molar-refractivity contribution in [3.8, 4) is 0 Å². The number of benzene rings is 1. The van der Waals surface area contributed by atoms with E-state index in [4.69, 9.17) is 5.73 Å². The number of carbonyl (C=O) groups is 2. The van der Waals surface area contributed by atoms with E-state index >= 15 is 0 Å². The summed E-state index contributed by atoms with van der Waals surface area (Å²) in [6, 6.07) is 7.50. The first-order chi connectivity index (χ1) is 13.0. The second kappa shape index (κ2) is 9.24. The lowest BCUT2D eigenvalue weighted by Gasteiger charge is -2.29. The van der Waals surface area contributed by atoms with Gasteiger partial charge in [0.15, 0.2) is 0 Å². The molecule has 1 aromatic carbocycles. The van der Waals surface area contributed by atoms with Crippen LogP contribution in [-0.4, -0.2) is 55.1 Å². The highest BCUT2D eigenvalue weighted by Crippen LogP contribution is 2.22. The second-order valence-corrected chi connectivity index (χ2v) is 7.81. The lowest BCUT2D eigenvalue weighted by molar-refractivity contribution is -0.120. The predicted octanol–water partition coefficient (Wildman–Crippen LogP) is 1.51. The number of amidine groups is 1. The van der Waals surface area contributed by atoms with E-state index in [-0.39, 0.29) is 24.3 Å². The van der Waals surface area contributed by atoms with Crippen LogP contribution in [0.25, 0.3) is 0 Å². The number of nitrogens with two attached hydrogens (primary N) is 1. The van der Waals surface area contributed by atoms with E-state index in [9.17, 15) is 9.59 Å². The second-order valence-electron chi connectivity index (χ2n) is 7.81. The van der Waals surface area contributed by atoms with Crippen molar-refractivity contribution < 1.29 is 9.59 Å². The highest BCUT2D eigenvalue weighted by atomic mass is 16.2. The Morgan fingerprint density at radius 2 is 2.00 bits per heavy atom. The van der Waals surface area contributed by atoms with Crippen LogP contribution < -0.4 is 11.1 Å². The third kappa shape index (κ3) is 5.71. The normalized spacial score (nSPS) is 19.6. The van der Waals surface area contributed by atoms with Crippen LogP contribution >= 0.6 is 0 Å². The van der Waals surface area contributed by atoms with Crippen LogP contribution in [0.15, 0.2) is 29.3 Å². The molecule has 0 unspecified atom stereocenters. The Morgan fingerprint density at radius 1 is 1.30 bits per heavy atom. The van der Waals surface area contributed by atoms with Crippen molar-refractivity contribution >= 4 is 17.5 Å². The Balaban J connectivity index is 1.39. The Bertz CT molecular complexity index is 691. The van der Waals surface area contributed by atoms with Crippen molar-refractivity contribution in [3.05, 3.63) is 35.4 Å². The van der Waals surface area contributed by atoms with Gasteiger partial charge in [-0.1, -0.05) is 24.3 Å². The summed E-state index contributed by atoms with van der Waals surface area (Å²) in [5.41, 5.74) is 8.12. The topological polar surface area (TPSA) is 87.8 Å². The molecule has 0 saturated carbocycles. The summed E-state index contributed by atoms with van der Waals surface area (Å²) < 4.78 is 0. The molecule has 1 aromatic rings. The molecule has 0 bridgehead atoms. The van der Waals surface area contributed by atoms with Gasteiger partial charge in [0.2, 0.25) is 5.91 Å². The van der Waals surface area contributed by atoms with Gasteiger partial charge in [0.05, 0.1) is 6.04 Å². The molecule has 6 nitrogen and oxygen atoms in total. The first-order valence-electron chi connectivity index (χ1n) is 9.91. The predicted molar refractivity (Wildman–Crippen MR) is 107 cm³/mol. The third-order valence-electron chi connectivity index (χ3n) is 5.66. The Morgan fingerprint density at radius 3 is 2.63 bits per heavy atom. The number of hydrogen-bond acceptors (Lipinski definition) is 5. The minimum absolute atomic E-state index is 0.0751. The maximum Gasteiger partial charge on any atom is 0.247 e. The first kappa shape index (κ1) is 19.7. The van der Waals surface area contributed by atoms with Crippen molar-refractivity contribution in [3.63, 3.8) is 0 Å². The van der Waals surface area contributed by atoms with Gasteiger partial charge in [-0.2, -0.15) is 0 Å². The van der Waals surface area contributed by atoms with Crippen molar-refractivity contribution in [1.29, 1.82) is 0 Å². The molecule has 3 N–H and O–H groups in total. The molecule has 0 aliphatic carbocycles. The summed E-state index contributed by atoms with van der Waals surface area (Å²) in [6.07, 6.45) is 5.46. The van der Waals surface area contributed by atoms with Gasteiger partial charge in [0.1, 0.15) is 18.2 Å². The number of ketones is 1. The molecule has 146 valence electrons. The largest absolute Gasteiger partial charge is 0.322 e. The number of likely N-dealkylation sites (tertiary alicyclic amines) is 1. The molecule has 2 aliphatic heterocycles. The number of piperidine rings is 1. The van der Waals surface area contributed by atoms with Gasteiger partial charge in [0, 0.05) is 12.0 Å². The average molecular weight is 370 g/mol. The monoisotopic (exact) mass is 370 g/mol. The summed E-state index contributed by atoms with van der Waals surface area (Å²) >= 11 is 0. The number of nitrogens with one attached hydrogen (secondary N) is 1. The fourth-order valence-electron chi connectivity index (χ4n) is 3.73. The number of aliphatic imine (C=N–C) groups is 1. The molecule has 0 aromatic heterocycles. The Labute approximate surface area is 161 Å². The van der Waals surface area contributed by atoms with E-state index in [1.807, 2.05) is 24.3 Å². The van der Waals surface area contributed by atoms with E-state index < -0.39 is 0 Å². The van der Waals surface area contributed by atoms with Crippen molar-refractivity contribution in [2.24, 2.45) is 16.6 Å². The standard InChI is InChI=1S/C21H30N4O2/c1-25-12-10-16(11-13-25)4-8-18(22)19(26)9-5-15-2-6-17(7-3-15)21-23-14-20(27)24-21/h2-3,6-7,16,18H,4-5,8-14,22H2,1H3,(H,23,24,27)/t18-/m0/s1. The number of Topliss-reactive ketones (excluding diaryl/α,β-unsaturated/α-hetero) is 1. The van der Waals surface area contributed by atoms with Gasteiger partial charge in [-0.05, 0) is 63.7 Å². The third-order valence-corrected chi connectivity index (χ3v) is 5.66. The van der Waals surface area contributed by atoms with Crippen molar-refractivity contribution in [1.82, 2.24) is 10.2 Å². The molecule has 1 atom stereocenters. The molecule has 1 amide bonds. The van der Waals surface area contributed by atoms with E-state index in [0.29, 0.717) is 24.6 Å². The lowest BCUT2D eigenvalue weighted by Crippen LogP contribution is -2.33. The lowest BCUT2D eigenvalue weighted by atomic mass is 9.89. The summed E-state index contributed by atoms with van der Waals surface area (Å²) in [5.74, 6) is 1.42. The zero-order chi connectivity index (χ0) is 19.2. The fraction of sp³-hybridized carbons (Fsp3) is 0.571. The van der Waals surface area contributed by atoms with E-state index in [1.54, 1.807) is 0 Å². The first-order valence-corrected chi connectivity index (χ1v) is 9.91. The average Bonchev–Trinajstić information content (AvgIpc) is 3.12. The quantitative estimate of drug-likeness (QED) is 0.726. The molecular formula is C21H30N4O2. The zero-order valence-corrected chi connectivity index (χ0v) is 16.1. The SMILES string of the molecule is CN1CCC(CC[C@H](N)C(=O)CCc2ccc(C3=NCC(=O)N3)cc2)CC1. The molecule has 0 radical (unpaired) electrons. The van der Waals surface area contributed by atoms with Crippen molar-refractivity contribution in [2.75, 3.05) is 26.7 Å². The molecule has 1 fully saturated rings. The summed E-state index contributed by atoms with van der Waals surface area (Å²) in [4.78, 5) is 30.1. The molecule has 0 spiro atoms. The smallest absolute Gasteiger partial charge is 0.247 e. The number of hydrogen-bond donors (Lipinski definition) is 2. The maximum absolute atomic E-state index is 12.4. The van der Waals surface area contributed by atoms with Crippen LogP contribution in [0.1, 0.15) is 43.2 Å². The van der Waals surface area contributed by atoms with Gasteiger partial charge in [-0.3, -0.25) is 14.6 Å². The van der Waals surface area contributed by atoms with Crippen LogP contribution in [-0.2, 0) is 16.0 Å². The summed E-state index contributed by atoms with van der Waals surface area (Å²) in [5, 5.41) is 2.74. The van der Waals surface area contributed by atoms with E-state index in [2.05, 4.69) is 22.3 Å². The summed E-state index contributed by atoms with van der Waals surface area (Å²) in [6.45, 7) is 2.50. The van der Waals surface area contributed by atoms with Gasteiger partial charge >= 0.3 is 0 Å². The van der Waals surface area contributed by atoms with Gasteiger partial charge in [0.25, 0.3) is 0 Å². The van der Waals surface area contributed by atoms with Crippen LogP contribution in [0.4, 0.5) is 0 Å². The van der Waals surface area contributed by atoms with Crippen LogP contribution in [0.3, 0.4) is 0 Å². The van der Waals surface area contributed by atoms with E-state index in [1.165, 1.54) is 12.8 Å². The Kier molecular flexibility index (Phi) is 6.74. The van der Waals surface area contributed by atoms with Crippen LogP contribution in [0.2, 0.25) is 0 Å². The number of nitrogens with zero attached hydrogens (tertiary/aromatic N) is 2. The Hall–Kier alpha value is -2.05. The minimum atomic E-state index is -0.341. The zero-order valence-electron chi connectivity index (χ0n) is 16.1. The maximum atomic E-state index is 12.4. The van der Waals surface area contributed by atoms with Gasteiger partial charge < -0.3 is 16.0 Å². The molecular weight excluding hydrogens is 340 g/mol. The number of amides is 1. The highest BCUT2D eigenvalue weighted by molar-refractivity contribution is 6.12. The summed E-state index contributed by atoms with van der Waals surface area (Å²) in [7, 11) is 2.16. The fourth-order valence-corrected chi connectivity index (χ4v) is 3.73. The molecule has 1 saturated heterocycles. The minimum Gasteiger partial charge on any atom is -0.322 e. The van der Waals surface area contributed by atoms with E-state index in [0.717, 1.165) is 37.1 Å². The highest BCUT2D eigenvalue weighted by Gasteiger charge is 2.20.